The van der Waals surface area contributed by atoms with Gasteiger partial charge in [-0.2, -0.15) is 0 Å². The number of fused-ring (bicyclic) bond motifs is 2. The molecular formula is C17H17F2NO3. The second-order valence-electron chi connectivity index (χ2n) is 6.73. The van der Waals surface area contributed by atoms with Gasteiger partial charge in [-0.15, -0.1) is 0 Å². The first-order chi connectivity index (χ1) is 11.0. The Hall–Kier alpha value is -1.98. The van der Waals surface area contributed by atoms with E-state index in [2.05, 4.69) is 4.74 Å². The Morgan fingerprint density at radius 2 is 2.13 bits per heavy atom. The van der Waals surface area contributed by atoms with Crippen molar-refractivity contribution in [3.05, 3.63) is 34.6 Å². The van der Waals surface area contributed by atoms with E-state index in [1.54, 1.807) is 12.1 Å². The molecule has 2 fully saturated rings. The lowest BCUT2D eigenvalue weighted by molar-refractivity contribution is -0.141. The predicted molar refractivity (Wildman–Crippen MR) is 77.5 cm³/mol. The minimum atomic E-state index is -1.18. The molecule has 4 rings (SSSR count). The van der Waals surface area contributed by atoms with E-state index in [-0.39, 0.29) is 36.6 Å². The molecule has 1 aromatic rings. The molecule has 0 saturated heterocycles. The summed E-state index contributed by atoms with van der Waals surface area (Å²) in [7, 11) is 1.23. The lowest BCUT2D eigenvalue weighted by atomic mass is 9.83. The summed E-state index contributed by atoms with van der Waals surface area (Å²) in [5, 5.41) is 0. The number of hydrogen-bond acceptors (Lipinski definition) is 3. The average Bonchev–Trinajstić information content (AvgIpc) is 3.43. The standard InChI is InChI=1S/C17H17F2NO3/c1-23-13(21)7-20-8-17(6-12(17)18)14-11(16(20)22)5-4-10(15(14)19)9-2-3-9/h4-5,9,12H,2-3,6-8H2,1H3. The van der Waals surface area contributed by atoms with Crippen LogP contribution in [0.1, 0.15) is 46.7 Å². The zero-order valence-electron chi connectivity index (χ0n) is 12.8. The molecule has 1 aliphatic heterocycles. The van der Waals surface area contributed by atoms with Gasteiger partial charge in [-0.05, 0) is 36.8 Å². The van der Waals surface area contributed by atoms with Crippen LogP contribution in [0.2, 0.25) is 0 Å². The molecule has 3 aliphatic rings. The summed E-state index contributed by atoms with van der Waals surface area (Å²) in [6, 6.07) is 3.22. The van der Waals surface area contributed by atoms with Crippen molar-refractivity contribution in [1.29, 1.82) is 0 Å². The first kappa shape index (κ1) is 14.6. The van der Waals surface area contributed by atoms with E-state index < -0.39 is 29.3 Å². The van der Waals surface area contributed by atoms with Gasteiger partial charge >= 0.3 is 5.97 Å². The zero-order valence-corrected chi connectivity index (χ0v) is 12.8. The van der Waals surface area contributed by atoms with Crippen molar-refractivity contribution in [2.45, 2.75) is 36.8 Å². The van der Waals surface area contributed by atoms with Gasteiger partial charge in [0.2, 0.25) is 0 Å². The molecule has 23 heavy (non-hydrogen) atoms. The molecule has 0 N–H and O–H groups in total. The van der Waals surface area contributed by atoms with Gasteiger partial charge in [-0.1, -0.05) is 6.07 Å². The van der Waals surface area contributed by atoms with Crippen molar-refractivity contribution < 1.29 is 23.1 Å². The smallest absolute Gasteiger partial charge is 0.325 e. The first-order valence-electron chi connectivity index (χ1n) is 7.81. The molecule has 4 nitrogen and oxygen atoms in total. The maximum atomic E-state index is 15.0. The second kappa shape index (κ2) is 4.76. The fourth-order valence-corrected chi connectivity index (χ4v) is 3.66. The molecule has 0 radical (unpaired) electrons. The Balaban J connectivity index is 1.79. The Bertz CT molecular complexity index is 716. The quantitative estimate of drug-likeness (QED) is 0.803. The first-order valence-corrected chi connectivity index (χ1v) is 7.81. The zero-order chi connectivity index (χ0) is 16.4. The lowest BCUT2D eigenvalue weighted by Gasteiger charge is -2.34. The van der Waals surface area contributed by atoms with Gasteiger partial charge in [0.25, 0.3) is 5.91 Å². The summed E-state index contributed by atoms with van der Waals surface area (Å²) < 4.78 is 33.7. The molecular weight excluding hydrogens is 304 g/mol. The summed E-state index contributed by atoms with van der Waals surface area (Å²) in [5.41, 5.74) is 0.00542. The van der Waals surface area contributed by atoms with Crippen LogP contribution in [0.5, 0.6) is 0 Å². The van der Waals surface area contributed by atoms with Crippen LogP contribution in [0.4, 0.5) is 8.78 Å². The molecule has 2 atom stereocenters. The number of nitrogens with zero attached hydrogens (tertiary/aromatic N) is 1. The molecule has 122 valence electrons. The highest BCUT2D eigenvalue weighted by molar-refractivity contribution is 5.99. The molecule has 1 amide bonds. The van der Waals surface area contributed by atoms with Crippen LogP contribution in [0.15, 0.2) is 12.1 Å². The monoisotopic (exact) mass is 321 g/mol. The Kier molecular flexibility index (Phi) is 3.02. The molecule has 2 unspecified atom stereocenters. The highest BCUT2D eigenvalue weighted by Crippen LogP contribution is 2.56. The Morgan fingerprint density at radius 1 is 1.43 bits per heavy atom. The summed E-state index contributed by atoms with van der Waals surface area (Å²) >= 11 is 0. The van der Waals surface area contributed by atoms with Crippen molar-refractivity contribution >= 4 is 11.9 Å². The fourth-order valence-electron chi connectivity index (χ4n) is 3.66. The number of carbonyl (C=O) groups excluding carboxylic acids is 2. The summed E-state index contributed by atoms with van der Waals surface area (Å²) in [6.07, 6.45) is 0.878. The molecule has 1 aromatic carbocycles. The highest BCUT2D eigenvalue weighted by Gasteiger charge is 2.62. The number of amides is 1. The number of methoxy groups -OCH3 is 1. The van der Waals surface area contributed by atoms with E-state index in [9.17, 15) is 18.4 Å². The average molecular weight is 321 g/mol. The molecule has 0 bridgehead atoms. The van der Waals surface area contributed by atoms with E-state index in [0.717, 1.165) is 12.8 Å². The third kappa shape index (κ3) is 2.07. The minimum absolute atomic E-state index is 0.0279. The van der Waals surface area contributed by atoms with E-state index in [1.165, 1.54) is 12.0 Å². The molecule has 1 spiro atoms. The number of hydrogen-bond donors (Lipinski definition) is 0. The van der Waals surface area contributed by atoms with Crippen LogP contribution in [0.25, 0.3) is 0 Å². The summed E-state index contributed by atoms with van der Waals surface area (Å²) in [4.78, 5) is 25.3. The number of benzene rings is 1. The third-order valence-corrected chi connectivity index (χ3v) is 5.21. The van der Waals surface area contributed by atoms with Gasteiger partial charge < -0.3 is 9.64 Å². The van der Waals surface area contributed by atoms with Gasteiger partial charge in [0, 0.05) is 17.7 Å². The van der Waals surface area contributed by atoms with Crippen molar-refractivity contribution in [3.63, 3.8) is 0 Å². The van der Waals surface area contributed by atoms with E-state index >= 15 is 0 Å². The van der Waals surface area contributed by atoms with E-state index in [4.69, 9.17) is 0 Å². The predicted octanol–water partition coefficient (Wildman–Crippen LogP) is 2.31. The van der Waals surface area contributed by atoms with Crippen LogP contribution in [0.3, 0.4) is 0 Å². The summed E-state index contributed by atoms with van der Waals surface area (Å²) in [6.45, 7) is -0.213. The van der Waals surface area contributed by atoms with Crippen molar-refractivity contribution in [2.24, 2.45) is 0 Å². The molecule has 1 heterocycles. The Labute approximate surface area is 132 Å². The number of ether oxygens (including phenoxy) is 1. The number of esters is 1. The van der Waals surface area contributed by atoms with Gasteiger partial charge in [0.15, 0.2) is 0 Å². The maximum absolute atomic E-state index is 15.0. The number of carbonyl (C=O) groups is 2. The maximum Gasteiger partial charge on any atom is 0.325 e. The van der Waals surface area contributed by atoms with E-state index in [0.29, 0.717) is 5.56 Å². The normalized spacial score (nSPS) is 28.7. The van der Waals surface area contributed by atoms with Crippen molar-refractivity contribution in [3.8, 4) is 0 Å². The van der Waals surface area contributed by atoms with Crippen molar-refractivity contribution in [1.82, 2.24) is 4.90 Å². The number of alkyl halides is 1. The SMILES string of the molecule is COC(=O)CN1CC2(CC2F)c2c(ccc(C3CC3)c2F)C1=O. The van der Waals surface area contributed by atoms with Crippen LogP contribution in [-0.4, -0.2) is 43.1 Å². The minimum Gasteiger partial charge on any atom is -0.468 e. The lowest BCUT2D eigenvalue weighted by Crippen LogP contribution is -2.47. The molecule has 2 aliphatic carbocycles. The third-order valence-electron chi connectivity index (χ3n) is 5.21. The fraction of sp³-hybridized carbons (Fsp3) is 0.529. The van der Waals surface area contributed by atoms with Gasteiger partial charge in [-0.25, -0.2) is 8.78 Å². The largest absolute Gasteiger partial charge is 0.468 e. The molecule has 0 aromatic heterocycles. The van der Waals surface area contributed by atoms with Gasteiger partial charge in [0.1, 0.15) is 18.5 Å². The topological polar surface area (TPSA) is 46.6 Å². The molecule has 2 saturated carbocycles. The van der Waals surface area contributed by atoms with Crippen LogP contribution in [-0.2, 0) is 14.9 Å². The van der Waals surface area contributed by atoms with Gasteiger partial charge in [-0.3, -0.25) is 9.59 Å². The highest BCUT2D eigenvalue weighted by atomic mass is 19.1. The number of rotatable bonds is 3. The molecule has 6 heteroatoms. The Morgan fingerprint density at radius 3 is 2.70 bits per heavy atom. The van der Waals surface area contributed by atoms with E-state index in [1.807, 2.05) is 0 Å². The van der Waals surface area contributed by atoms with Gasteiger partial charge in [0.05, 0.1) is 12.5 Å². The van der Waals surface area contributed by atoms with Crippen LogP contribution in [0, 0.1) is 5.82 Å². The van der Waals surface area contributed by atoms with Crippen LogP contribution < -0.4 is 0 Å². The van der Waals surface area contributed by atoms with Crippen molar-refractivity contribution in [2.75, 3.05) is 20.2 Å². The number of halogens is 2. The summed E-state index contributed by atoms with van der Waals surface area (Å²) in [5.74, 6) is -1.23. The second-order valence-corrected chi connectivity index (χ2v) is 6.73. The van der Waals surface area contributed by atoms with Crippen LogP contribution >= 0.6 is 0 Å².